The van der Waals surface area contributed by atoms with E-state index in [0.717, 1.165) is 38.3 Å². The molecule has 1 fully saturated rings. The molecule has 2 unspecified atom stereocenters. The Kier molecular flexibility index (Phi) is 9.05. The van der Waals surface area contributed by atoms with Gasteiger partial charge in [-0.15, -0.1) is 24.0 Å². The van der Waals surface area contributed by atoms with Crippen LogP contribution in [0.2, 0.25) is 0 Å². The molecule has 0 saturated heterocycles. The van der Waals surface area contributed by atoms with Crippen molar-refractivity contribution in [1.29, 1.82) is 0 Å². The Morgan fingerprint density at radius 3 is 2.71 bits per heavy atom. The normalized spacial score (nSPS) is 24.2. The van der Waals surface area contributed by atoms with Crippen molar-refractivity contribution in [2.75, 3.05) is 13.1 Å². The lowest BCUT2D eigenvalue weighted by molar-refractivity contribution is 0.00397. The van der Waals surface area contributed by atoms with Crippen LogP contribution < -0.4 is 10.6 Å². The molecule has 3 N–H and O–H groups in total. The molecule has 1 aromatic rings. The van der Waals surface area contributed by atoms with Gasteiger partial charge in [-0.25, -0.2) is 4.99 Å². The highest BCUT2D eigenvalue weighted by Gasteiger charge is 2.35. The summed E-state index contributed by atoms with van der Waals surface area (Å²) in [5.41, 5.74) is 2.45. The quantitative estimate of drug-likeness (QED) is 0.369. The fourth-order valence-corrected chi connectivity index (χ4v) is 3.17. The second-order valence-corrected chi connectivity index (χ2v) is 6.89. The van der Waals surface area contributed by atoms with E-state index < -0.39 is 0 Å². The maximum absolute atomic E-state index is 10.3. The second kappa shape index (κ2) is 10.2. The summed E-state index contributed by atoms with van der Waals surface area (Å²) in [5.74, 6) is 0.828. The van der Waals surface area contributed by atoms with Crippen LogP contribution in [0.5, 0.6) is 0 Å². The molecule has 24 heavy (non-hydrogen) atoms. The Labute approximate surface area is 163 Å². The molecule has 0 amide bonds. The summed E-state index contributed by atoms with van der Waals surface area (Å²) >= 11 is 0. The van der Waals surface area contributed by atoms with Gasteiger partial charge in [0.05, 0.1) is 12.6 Å². The summed E-state index contributed by atoms with van der Waals surface area (Å²) in [5, 5.41) is 17.0. The molecular formula is C19H32IN3O. The summed E-state index contributed by atoms with van der Waals surface area (Å²) < 4.78 is 0. The minimum Gasteiger partial charge on any atom is -0.392 e. The number of halogens is 1. The first-order valence-corrected chi connectivity index (χ1v) is 8.80. The van der Waals surface area contributed by atoms with Crippen LogP contribution in [-0.2, 0) is 6.54 Å². The molecule has 0 aromatic heterocycles. The van der Waals surface area contributed by atoms with Crippen molar-refractivity contribution in [2.45, 2.75) is 59.1 Å². The zero-order valence-electron chi connectivity index (χ0n) is 15.1. The predicted octanol–water partition coefficient (Wildman–Crippen LogP) is 3.61. The number of aryl methyl sites for hydroxylation is 1. The van der Waals surface area contributed by atoms with Gasteiger partial charge in [-0.3, -0.25) is 0 Å². The van der Waals surface area contributed by atoms with Crippen LogP contribution in [0.3, 0.4) is 0 Å². The number of benzene rings is 1. The molecule has 5 heteroatoms. The van der Waals surface area contributed by atoms with Gasteiger partial charge in [0, 0.05) is 18.5 Å². The van der Waals surface area contributed by atoms with E-state index in [1.54, 1.807) is 0 Å². The van der Waals surface area contributed by atoms with E-state index in [1.807, 2.05) is 0 Å². The number of rotatable bonds is 5. The molecule has 1 aliphatic carbocycles. The molecular weight excluding hydrogens is 413 g/mol. The maximum atomic E-state index is 10.3. The van der Waals surface area contributed by atoms with E-state index in [1.165, 1.54) is 17.5 Å². The van der Waals surface area contributed by atoms with Gasteiger partial charge >= 0.3 is 0 Å². The highest BCUT2D eigenvalue weighted by atomic mass is 127. The lowest BCUT2D eigenvalue weighted by Crippen LogP contribution is -2.48. The fourth-order valence-electron chi connectivity index (χ4n) is 3.17. The molecule has 1 aromatic carbocycles. The molecule has 1 saturated carbocycles. The van der Waals surface area contributed by atoms with Crippen molar-refractivity contribution in [3.05, 3.63) is 35.4 Å². The van der Waals surface area contributed by atoms with E-state index in [4.69, 9.17) is 4.99 Å². The summed E-state index contributed by atoms with van der Waals surface area (Å²) in [6.45, 7) is 8.62. The zero-order chi connectivity index (χ0) is 16.7. The van der Waals surface area contributed by atoms with Gasteiger partial charge in [-0.05, 0) is 37.8 Å². The number of hydrogen-bond acceptors (Lipinski definition) is 2. The number of aliphatic hydroxyl groups is 1. The van der Waals surface area contributed by atoms with Crippen molar-refractivity contribution in [3.8, 4) is 0 Å². The topological polar surface area (TPSA) is 56.7 Å². The largest absolute Gasteiger partial charge is 0.392 e. The standard InChI is InChI=1S/C19H31N3O.HI/c1-4-20-18(21-13-16-10-6-5-9-15(16)2)22-14-19(3)12-8-7-11-17(19)23;/h5-6,9-10,17,23H,4,7-8,11-14H2,1-3H3,(H2,20,21,22);1H. The number of nitrogens with zero attached hydrogens (tertiary/aromatic N) is 1. The fraction of sp³-hybridized carbons (Fsp3) is 0.632. The van der Waals surface area contributed by atoms with E-state index in [9.17, 15) is 5.11 Å². The van der Waals surface area contributed by atoms with Crippen molar-refractivity contribution >= 4 is 29.9 Å². The predicted molar refractivity (Wildman–Crippen MR) is 112 cm³/mol. The Balaban J connectivity index is 0.00000288. The zero-order valence-corrected chi connectivity index (χ0v) is 17.5. The third kappa shape index (κ3) is 5.92. The molecule has 1 aliphatic rings. The molecule has 0 heterocycles. The lowest BCUT2D eigenvalue weighted by atomic mass is 9.73. The van der Waals surface area contributed by atoms with Crippen molar-refractivity contribution in [2.24, 2.45) is 10.4 Å². The van der Waals surface area contributed by atoms with Crippen LogP contribution in [0.4, 0.5) is 0 Å². The average Bonchev–Trinajstić information content (AvgIpc) is 2.54. The molecule has 2 rings (SSSR count). The first-order valence-electron chi connectivity index (χ1n) is 8.80. The molecule has 136 valence electrons. The van der Waals surface area contributed by atoms with Crippen LogP contribution in [0.15, 0.2) is 29.3 Å². The molecule has 0 spiro atoms. The van der Waals surface area contributed by atoms with Crippen molar-refractivity contribution in [1.82, 2.24) is 10.6 Å². The van der Waals surface area contributed by atoms with Gasteiger partial charge < -0.3 is 15.7 Å². The van der Waals surface area contributed by atoms with Gasteiger partial charge in [0.2, 0.25) is 0 Å². The van der Waals surface area contributed by atoms with Gasteiger partial charge in [-0.2, -0.15) is 0 Å². The summed E-state index contributed by atoms with van der Waals surface area (Å²) in [6.07, 6.45) is 4.10. The number of nitrogens with one attached hydrogen (secondary N) is 2. The van der Waals surface area contributed by atoms with Crippen molar-refractivity contribution in [3.63, 3.8) is 0 Å². The highest BCUT2D eigenvalue weighted by Crippen LogP contribution is 2.35. The third-order valence-corrected chi connectivity index (χ3v) is 4.95. The van der Waals surface area contributed by atoms with E-state index in [2.05, 4.69) is 55.7 Å². The van der Waals surface area contributed by atoms with E-state index >= 15 is 0 Å². The Morgan fingerprint density at radius 2 is 2.04 bits per heavy atom. The van der Waals surface area contributed by atoms with Crippen LogP contribution in [0.25, 0.3) is 0 Å². The van der Waals surface area contributed by atoms with Gasteiger partial charge in [-0.1, -0.05) is 44.0 Å². The number of aliphatic imine (C=N–C) groups is 1. The number of hydrogen-bond donors (Lipinski definition) is 3. The molecule has 0 radical (unpaired) electrons. The summed E-state index contributed by atoms with van der Waals surface area (Å²) in [7, 11) is 0. The molecule has 0 aliphatic heterocycles. The Hall–Kier alpha value is -0.820. The first kappa shape index (κ1) is 21.2. The molecule has 4 nitrogen and oxygen atoms in total. The smallest absolute Gasteiger partial charge is 0.191 e. The van der Waals surface area contributed by atoms with Crippen molar-refractivity contribution < 1.29 is 5.11 Å². The van der Waals surface area contributed by atoms with Gasteiger partial charge in [0.15, 0.2) is 5.96 Å². The SMILES string of the molecule is CCNC(=NCc1ccccc1C)NCC1(C)CCCCC1O.I. The molecule has 2 atom stereocenters. The number of guanidine groups is 1. The summed E-state index contributed by atoms with van der Waals surface area (Å²) in [4.78, 5) is 4.70. The number of aliphatic hydroxyl groups excluding tert-OH is 1. The third-order valence-electron chi connectivity index (χ3n) is 4.95. The van der Waals surface area contributed by atoms with Crippen LogP contribution in [0, 0.1) is 12.3 Å². The monoisotopic (exact) mass is 445 g/mol. The lowest BCUT2D eigenvalue weighted by Gasteiger charge is -2.38. The average molecular weight is 445 g/mol. The van der Waals surface area contributed by atoms with Crippen LogP contribution in [0.1, 0.15) is 50.7 Å². The summed E-state index contributed by atoms with van der Waals surface area (Å²) in [6, 6.07) is 8.34. The van der Waals surface area contributed by atoms with Crippen LogP contribution >= 0.6 is 24.0 Å². The van der Waals surface area contributed by atoms with Gasteiger partial charge in [0.25, 0.3) is 0 Å². The van der Waals surface area contributed by atoms with Gasteiger partial charge in [0.1, 0.15) is 0 Å². The Morgan fingerprint density at radius 1 is 1.29 bits per heavy atom. The second-order valence-electron chi connectivity index (χ2n) is 6.89. The van der Waals surface area contributed by atoms with E-state index in [-0.39, 0.29) is 35.5 Å². The highest BCUT2D eigenvalue weighted by molar-refractivity contribution is 14.0. The Bertz CT molecular complexity index is 535. The minimum absolute atomic E-state index is 0. The molecule has 0 bridgehead atoms. The van der Waals surface area contributed by atoms with E-state index in [0.29, 0.717) is 6.54 Å². The maximum Gasteiger partial charge on any atom is 0.191 e. The minimum atomic E-state index is -0.219. The first-order chi connectivity index (χ1) is 11.0. The van der Waals surface area contributed by atoms with Crippen LogP contribution in [-0.4, -0.2) is 30.3 Å².